The van der Waals surface area contributed by atoms with Crippen molar-refractivity contribution in [2.45, 2.75) is 26.7 Å². The molecule has 0 radical (unpaired) electrons. The maximum Gasteiger partial charge on any atom is 0.327 e. The normalized spacial score (nSPS) is 19.1. The third-order valence-corrected chi connectivity index (χ3v) is 7.44. The molecular formula is C22H25ClNO2P. The third kappa shape index (κ3) is 3.65. The van der Waals surface area contributed by atoms with E-state index in [2.05, 4.69) is 25.6 Å². The summed E-state index contributed by atoms with van der Waals surface area (Å²) < 4.78 is 22.2. The average Bonchev–Trinajstić information content (AvgIpc) is 2.67. The lowest BCUT2D eigenvalue weighted by Gasteiger charge is -2.40. The molecule has 1 atom stereocenters. The largest absolute Gasteiger partial charge is 0.327 e. The monoisotopic (exact) mass is 401 g/mol. The minimum atomic E-state index is -3.28. The van der Waals surface area contributed by atoms with Gasteiger partial charge in [-0.05, 0) is 48.6 Å². The Kier molecular flexibility index (Phi) is 6.26. The molecule has 142 valence electrons. The van der Waals surface area contributed by atoms with Crippen LogP contribution in [0.15, 0.2) is 61.2 Å². The zero-order valence-corrected chi connectivity index (χ0v) is 17.5. The van der Waals surface area contributed by atoms with E-state index < -0.39 is 7.52 Å². The van der Waals surface area contributed by atoms with Gasteiger partial charge in [0.25, 0.3) is 0 Å². The van der Waals surface area contributed by atoms with Crippen LogP contribution in [0.2, 0.25) is 5.02 Å². The maximum atomic E-state index is 14.2. The van der Waals surface area contributed by atoms with Gasteiger partial charge < -0.3 is 4.52 Å². The Bertz CT molecular complexity index is 908. The quantitative estimate of drug-likeness (QED) is 0.399. The van der Waals surface area contributed by atoms with Crippen LogP contribution in [0, 0.1) is 0 Å². The molecule has 1 unspecified atom stereocenters. The Hall–Kier alpha value is -1.80. The van der Waals surface area contributed by atoms with Gasteiger partial charge in [-0.2, -0.15) is 0 Å². The molecule has 0 spiro atoms. The molecule has 27 heavy (non-hydrogen) atoms. The molecule has 0 aliphatic carbocycles. The molecule has 2 aromatic rings. The van der Waals surface area contributed by atoms with E-state index in [4.69, 9.17) is 16.1 Å². The standard InChI is InChI=1S/C22H25ClNO2P/c1-4-10-20-19-14-13-18(23)16-21(19)27(25,26-6-3)24(15-5-2)22(20)17-11-8-7-9-12-17/h4,7-9,11-14,16H,1,5-6,10,15H2,2-3H3. The summed E-state index contributed by atoms with van der Waals surface area (Å²) in [7, 11) is -3.28. The molecule has 0 bridgehead atoms. The predicted octanol–water partition coefficient (Wildman–Crippen LogP) is 6.36. The molecule has 3 rings (SSSR count). The number of allylic oxidation sites excluding steroid dienone is 2. The van der Waals surface area contributed by atoms with Crippen molar-refractivity contribution in [1.82, 2.24) is 4.67 Å². The summed E-state index contributed by atoms with van der Waals surface area (Å²) in [5.74, 6) is 0. The van der Waals surface area contributed by atoms with Crippen LogP contribution in [-0.2, 0) is 9.09 Å². The van der Waals surface area contributed by atoms with Crippen LogP contribution in [0.3, 0.4) is 0 Å². The lowest BCUT2D eigenvalue weighted by atomic mass is 9.96. The number of rotatable bonds is 7. The minimum absolute atomic E-state index is 0.363. The topological polar surface area (TPSA) is 29.5 Å². The Morgan fingerprint density at radius 1 is 1.19 bits per heavy atom. The molecule has 1 aliphatic heterocycles. The van der Waals surface area contributed by atoms with Gasteiger partial charge in [-0.3, -0.25) is 9.24 Å². The first-order valence-corrected chi connectivity index (χ1v) is 11.2. The van der Waals surface area contributed by atoms with Crippen molar-refractivity contribution in [3.05, 3.63) is 77.3 Å². The molecule has 2 aromatic carbocycles. The lowest BCUT2D eigenvalue weighted by Crippen LogP contribution is -2.33. The van der Waals surface area contributed by atoms with Crippen LogP contribution >= 0.6 is 19.1 Å². The summed E-state index contributed by atoms with van der Waals surface area (Å²) in [6.07, 6.45) is 3.41. The predicted molar refractivity (Wildman–Crippen MR) is 115 cm³/mol. The van der Waals surface area contributed by atoms with Gasteiger partial charge in [-0.25, -0.2) is 0 Å². The fraction of sp³-hybridized carbons (Fsp3) is 0.273. The Balaban J connectivity index is 2.39. The second kappa shape index (κ2) is 8.48. The van der Waals surface area contributed by atoms with Crippen LogP contribution in [0.1, 0.15) is 37.8 Å². The number of hydrogen-bond donors (Lipinski definition) is 0. The molecule has 0 saturated carbocycles. The van der Waals surface area contributed by atoms with Crippen molar-refractivity contribution < 1.29 is 9.09 Å². The summed E-state index contributed by atoms with van der Waals surface area (Å²) in [6, 6.07) is 15.7. The average molecular weight is 402 g/mol. The summed E-state index contributed by atoms with van der Waals surface area (Å²) in [5.41, 5.74) is 4.03. The van der Waals surface area contributed by atoms with Gasteiger partial charge in [0.2, 0.25) is 0 Å². The van der Waals surface area contributed by atoms with Crippen LogP contribution in [0.25, 0.3) is 11.3 Å². The zero-order chi connectivity index (χ0) is 19.4. The second-order valence-electron chi connectivity index (χ2n) is 6.41. The van der Waals surface area contributed by atoms with Crippen molar-refractivity contribution in [3.8, 4) is 0 Å². The first kappa shape index (κ1) is 19.9. The molecule has 0 saturated heterocycles. The lowest BCUT2D eigenvalue weighted by molar-refractivity contribution is 0.305. The van der Waals surface area contributed by atoms with E-state index in [0.717, 1.165) is 28.8 Å². The fourth-order valence-corrected chi connectivity index (χ4v) is 6.49. The highest BCUT2D eigenvalue weighted by molar-refractivity contribution is 7.65. The molecule has 1 heterocycles. The van der Waals surface area contributed by atoms with Crippen molar-refractivity contribution >= 4 is 35.7 Å². The van der Waals surface area contributed by atoms with Crippen LogP contribution in [0.4, 0.5) is 0 Å². The summed E-state index contributed by atoms with van der Waals surface area (Å²) in [5, 5.41) is 1.24. The van der Waals surface area contributed by atoms with Crippen molar-refractivity contribution in [3.63, 3.8) is 0 Å². The Morgan fingerprint density at radius 2 is 1.93 bits per heavy atom. The highest BCUT2D eigenvalue weighted by Crippen LogP contribution is 2.59. The van der Waals surface area contributed by atoms with E-state index in [1.807, 2.05) is 48.0 Å². The molecule has 5 heteroatoms. The SMILES string of the molecule is C=CCC1=C(c2ccccc2)N(CCC)P(=O)(OCC)c2cc(Cl)ccc21. The van der Waals surface area contributed by atoms with Crippen molar-refractivity contribution in [2.24, 2.45) is 0 Å². The van der Waals surface area contributed by atoms with E-state index in [9.17, 15) is 4.57 Å². The van der Waals surface area contributed by atoms with Crippen LogP contribution in [0.5, 0.6) is 0 Å². The number of hydrogen-bond acceptors (Lipinski definition) is 2. The summed E-state index contributed by atoms with van der Waals surface area (Å²) >= 11 is 6.28. The van der Waals surface area contributed by atoms with Gasteiger partial charge >= 0.3 is 7.52 Å². The molecule has 1 aliphatic rings. The van der Waals surface area contributed by atoms with Gasteiger partial charge in [0.05, 0.1) is 17.6 Å². The highest BCUT2D eigenvalue weighted by Gasteiger charge is 2.42. The maximum absolute atomic E-state index is 14.2. The summed E-state index contributed by atoms with van der Waals surface area (Å²) in [4.78, 5) is 0. The van der Waals surface area contributed by atoms with E-state index in [0.29, 0.717) is 29.9 Å². The molecule has 0 aromatic heterocycles. The van der Waals surface area contributed by atoms with E-state index >= 15 is 0 Å². The minimum Gasteiger partial charge on any atom is -0.310 e. The highest BCUT2D eigenvalue weighted by atomic mass is 35.5. The third-order valence-electron chi connectivity index (χ3n) is 4.59. The second-order valence-corrected chi connectivity index (χ2v) is 9.11. The Morgan fingerprint density at radius 3 is 2.56 bits per heavy atom. The molecule has 0 N–H and O–H groups in total. The molecule has 3 nitrogen and oxygen atoms in total. The van der Waals surface area contributed by atoms with E-state index in [1.54, 1.807) is 6.07 Å². The van der Waals surface area contributed by atoms with Gasteiger partial charge in [-0.15, -0.1) is 6.58 Å². The number of halogens is 1. The smallest absolute Gasteiger partial charge is 0.310 e. The molecule has 0 fully saturated rings. The number of nitrogens with zero attached hydrogens (tertiary/aromatic N) is 1. The fourth-order valence-electron chi connectivity index (χ4n) is 3.58. The summed E-state index contributed by atoms with van der Waals surface area (Å²) in [6.45, 7) is 8.89. The van der Waals surface area contributed by atoms with Gasteiger partial charge in [0.1, 0.15) is 0 Å². The number of fused-ring (bicyclic) bond motifs is 1. The molecular weight excluding hydrogens is 377 g/mol. The number of benzene rings is 2. The first-order chi connectivity index (χ1) is 13.1. The van der Waals surface area contributed by atoms with E-state index in [-0.39, 0.29) is 0 Å². The van der Waals surface area contributed by atoms with E-state index in [1.165, 1.54) is 0 Å². The van der Waals surface area contributed by atoms with Crippen molar-refractivity contribution in [1.29, 1.82) is 0 Å². The molecule has 0 amide bonds. The Labute approximate surface area is 166 Å². The van der Waals surface area contributed by atoms with Gasteiger partial charge in [0.15, 0.2) is 0 Å². The van der Waals surface area contributed by atoms with Crippen LogP contribution < -0.4 is 5.30 Å². The van der Waals surface area contributed by atoms with Gasteiger partial charge in [0, 0.05) is 11.6 Å². The van der Waals surface area contributed by atoms with Crippen molar-refractivity contribution in [2.75, 3.05) is 13.2 Å². The zero-order valence-electron chi connectivity index (χ0n) is 15.8. The first-order valence-electron chi connectivity index (χ1n) is 9.29. The van der Waals surface area contributed by atoms with Gasteiger partial charge in [-0.1, -0.05) is 61.0 Å². The van der Waals surface area contributed by atoms with Crippen LogP contribution in [-0.4, -0.2) is 17.8 Å².